The third kappa shape index (κ3) is 4.14. The third-order valence-electron chi connectivity index (χ3n) is 5.26. The number of rotatable bonds is 5. The Bertz CT molecular complexity index is 823. The second-order valence-corrected chi connectivity index (χ2v) is 7.96. The Labute approximate surface area is 164 Å². The molecule has 0 aromatic heterocycles. The van der Waals surface area contributed by atoms with Gasteiger partial charge in [-0.15, -0.1) is 11.8 Å². The van der Waals surface area contributed by atoms with Gasteiger partial charge in [0.25, 0.3) is 0 Å². The van der Waals surface area contributed by atoms with Crippen molar-refractivity contribution in [3.63, 3.8) is 0 Å². The van der Waals surface area contributed by atoms with Crippen LogP contribution in [0.4, 0.5) is 0 Å². The number of hydrogen-bond donors (Lipinski definition) is 0. The number of hydrogen-bond acceptors (Lipinski definition) is 5. The van der Waals surface area contributed by atoms with E-state index in [0.29, 0.717) is 13.2 Å². The van der Waals surface area contributed by atoms with Gasteiger partial charge in [0.15, 0.2) is 17.3 Å². The lowest BCUT2D eigenvalue weighted by atomic mass is 9.89. The first-order chi connectivity index (χ1) is 13.2. The maximum atomic E-state index is 13.1. The molecular weight excluding hydrogens is 358 g/mol. The Kier molecular flexibility index (Phi) is 5.69. The van der Waals surface area contributed by atoms with Crippen molar-refractivity contribution in [1.29, 1.82) is 0 Å². The molecule has 0 amide bonds. The smallest absolute Gasteiger partial charge is 0.168 e. The summed E-state index contributed by atoms with van der Waals surface area (Å²) < 4.78 is 11.3. The number of thioether (sulfide) groups is 1. The largest absolute Gasteiger partial charge is 0.486 e. The number of carbonyl (C=O) groups is 1. The summed E-state index contributed by atoms with van der Waals surface area (Å²) in [5.74, 6) is 2.01. The van der Waals surface area contributed by atoms with Gasteiger partial charge in [0, 0.05) is 29.5 Å². The highest BCUT2D eigenvalue weighted by Gasteiger charge is 2.28. The molecule has 0 radical (unpaired) electrons. The Hall–Kier alpha value is -1.98. The van der Waals surface area contributed by atoms with E-state index in [9.17, 15) is 4.79 Å². The van der Waals surface area contributed by atoms with Crippen LogP contribution >= 0.6 is 11.8 Å². The standard InChI is InChI=1S/C22H25NO3S/c1-27-21-7-3-2-6-18(21)22(24)17-5-4-10-23(15-17)14-16-8-9-19-20(13-16)26-12-11-25-19/h2-3,6-9,13,17H,4-5,10-12,14-15H2,1H3/t17-/m0/s1. The Morgan fingerprint density at radius 1 is 1.15 bits per heavy atom. The lowest BCUT2D eigenvalue weighted by Crippen LogP contribution is -2.38. The summed E-state index contributed by atoms with van der Waals surface area (Å²) in [4.78, 5) is 16.6. The van der Waals surface area contributed by atoms with E-state index in [4.69, 9.17) is 9.47 Å². The van der Waals surface area contributed by atoms with Crippen LogP contribution in [0.25, 0.3) is 0 Å². The van der Waals surface area contributed by atoms with E-state index < -0.39 is 0 Å². The van der Waals surface area contributed by atoms with Crippen LogP contribution in [0.1, 0.15) is 28.8 Å². The van der Waals surface area contributed by atoms with E-state index in [0.717, 1.165) is 54.4 Å². The number of fused-ring (bicyclic) bond motifs is 1. The molecule has 1 fully saturated rings. The number of carbonyl (C=O) groups excluding carboxylic acids is 1. The molecule has 0 N–H and O–H groups in total. The molecule has 0 spiro atoms. The highest BCUT2D eigenvalue weighted by molar-refractivity contribution is 7.98. The van der Waals surface area contributed by atoms with Crippen molar-refractivity contribution in [2.45, 2.75) is 24.3 Å². The number of ether oxygens (including phenoxy) is 2. The number of benzene rings is 2. The van der Waals surface area contributed by atoms with Crippen molar-refractivity contribution in [3.8, 4) is 11.5 Å². The zero-order chi connectivity index (χ0) is 18.6. The lowest BCUT2D eigenvalue weighted by molar-refractivity contribution is 0.0808. The predicted molar refractivity (Wildman–Crippen MR) is 108 cm³/mol. The van der Waals surface area contributed by atoms with Crippen LogP contribution in [0.5, 0.6) is 11.5 Å². The zero-order valence-corrected chi connectivity index (χ0v) is 16.5. The van der Waals surface area contributed by atoms with Crippen LogP contribution in [0.2, 0.25) is 0 Å². The maximum absolute atomic E-state index is 13.1. The summed E-state index contributed by atoms with van der Waals surface area (Å²) in [6, 6.07) is 14.1. The molecule has 2 aliphatic heterocycles. The molecule has 2 aromatic carbocycles. The minimum atomic E-state index is 0.0734. The van der Waals surface area contributed by atoms with Gasteiger partial charge < -0.3 is 9.47 Å². The first kappa shape index (κ1) is 18.4. The van der Waals surface area contributed by atoms with Gasteiger partial charge in [0.2, 0.25) is 0 Å². The molecule has 5 heteroatoms. The highest BCUT2D eigenvalue weighted by atomic mass is 32.2. The monoisotopic (exact) mass is 383 g/mol. The Morgan fingerprint density at radius 3 is 2.81 bits per heavy atom. The molecule has 0 bridgehead atoms. The van der Waals surface area contributed by atoms with Crippen LogP contribution in [0.3, 0.4) is 0 Å². The van der Waals surface area contributed by atoms with E-state index >= 15 is 0 Å². The average molecular weight is 384 g/mol. The average Bonchev–Trinajstić information content (AvgIpc) is 2.73. The number of Topliss-reactive ketones (excluding diaryl/α,β-unsaturated/α-hetero) is 1. The third-order valence-corrected chi connectivity index (χ3v) is 6.06. The quantitative estimate of drug-likeness (QED) is 0.569. The summed E-state index contributed by atoms with van der Waals surface area (Å²) in [6.45, 7) is 3.90. The molecule has 27 heavy (non-hydrogen) atoms. The van der Waals surface area contributed by atoms with E-state index in [-0.39, 0.29) is 11.7 Å². The molecule has 0 saturated carbocycles. The van der Waals surface area contributed by atoms with Crippen molar-refractivity contribution in [2.75, 3.05) is 32.6 Å². The van der Waals surface area contributed by atoms with Crippen molar-refractivity contribution in [1.82, 2.24) is 4.90 Å². The van der Waals surface area contributed by atoms with Gasteiger partial charge >= 0.3 is 0 Å². The van der Waals surface area contributed by atoms with Crippen molar-refractivity contribution >= 4 is 17.5 Å². The predicted octanol–water partition coefficient (Wildman–Crippen LogP) is 4.27. The topological polar surface area (TPSA) is 38.8 Å². The molecule has 1 saturated heterocycles. The van der Waals surface area contributed by atoms with Gasteiger partial charge in [-0.3, -0.25) is 9.69 Å². The summed E-state index contributed by atoms with van der Waals surface area (Å²) in [6.07, 6.45) is 4.06. The van der Waals surface area contributed by atoms with Gasteiger partial charge in [0.05, 0.1) is 0 Å². The summed E-state index contributed by atoms with van der Waals surface area (Å²) in [5, 5.41) is 0. The second-order valence-electron chi connectivity index (χ2n) is 7.12. The van der Waals surface area contributed by atoms with Gasteiger partial charge in [-0.25, -0.2) is 0 Å². The lowest BCUT2D eigenvalue weighted by Gasteiger charge is -2.32. The molecule has 4 rings (SSSR count). The van der Waals surface area contributed by atoms with Crippen LogP contribution in [-0.4, -0.2) is 43.2 Å². The molecule has 142 valence electrons. The number of ketones is 1. The molecule has 0 unspecified atom stereocenters. The number of likely N-dealkylation sites (tertiary alicyclic amines) is 1. The number of piperidine rings is 1. The summed E-state index contributed by atoms with van der Waals surface area (Å²) in [5.41, 5.74) is 2.08. The van der Waals surface area contributed by atoms with Crippen molar-refractivity contribution in [3.05, 3.63) is 53.6 Å². The normalized spacial score (nSPS) is 19.7. The van der Waals surface area contributed by atoms with Gasteiger partial charge in [0.1, 0.15) is 13.2 Å². The fourth-order valence-corrected chi connectivity index (χ4v) is 4.53. The van der Waals surface area contributed by atoms with Crippen LogP contribution in [0.15, 0.2) is 47.4 Å². The number of nitrogens with zero attached hydrogens (tertiary/aromatic N) is 1. The Morgan fingerprint density at radius 2 is 1.96 bits per heavy atom. The molecular formula is C22H25NO3S. The molecule has 2 aliphatic rings. The van der Waals surface area contributed by atoms with Gasteiger partial charge in [-0.1, -0.05) is 24.3 Å². The van der Waals surface area contributed by atoms with Gasteiger partial charge in [-0.2, -0.15) is 0 Å². The first-order valence-corrected chi connectivity index (χ1v) is 10.7. The van der Waals surface area contributed by atoms with Crippen LogP contribution < -0.4 is 9.47 Å². The first-order valence-electron chi connectivity index (χ1n) is 9.52. The van der Waals surface area contributed by atoms with E-state index in [1.165, 1.54) is 5.56 Å². The summed E-state index contributed by atoms with van der Waals surface area (Å²) in [7, 11) is 0. The molecule has 2 heterocycles. The fourth-order valence-electron chi connectivity index (χ4n) is 3.93. The van der Waals surface area contributed by atoms with Crippen molar-refractivity contribution < 1.29 is 14.3 Å². The fraction of sp³-hybridized carbons (Fsp3) is 0.409. The minimum absolute atomic E-state index is 0.0734. The highest BCUT2D eigenvalue weighted by Crippen LogP contribution is 2.32. The van der Waals surface area contributed by atoms with Gasteiger partial charge in [-0.05, 0) is 49.4 Å². The summed E-state index contributed by atoms with van der Waals surface area (Å²) >= 11 is 1.64. The molecule has 2 aromatic rings. The second kappa shape index (κ2) is 8.36. The minimum Gasteiger partial charge on any atom is -0.486 e. The SMILES string of the molecule is CSc1ccccc1C(=O)[C@H]1CCCN(Cc2ccc3c(c2)OCCO3)C1. The van der Waals surface area contributed by atoms with Crippen LogP contribution in [-0.2, 0) is 6.54 Å². The molecule has 4 nitrogen and oxygen atoms in total. The molecule has 1 atom stereocenters. The zero-order valence-electron chi connectivity index (χ0n) is 15.6. The maximum Gasteiger partial charge on any atom is 0.168 e. The van der Waals surface area contributed by atoms with E-state index in [1.807, 2.05) is 36.6 Å². The van der Waals surface area contributed by atoms with Crippen LogP contribution in [0, 0.1) is 5.92 Å². The van der Waals surface area contributed by atoms with Crippen molar-refractivity contribution in [2.24, 2.45) is 5.92 Å². The van der Waals surface area contributed by atoms with E-state index in [1.54, 1.807) is 11.8 Å². The molecule has 0 aliphatic carbocycles. The van der Waals surface area contributed by atoms with E-state index in [2.05, 4.69) is 17.0 Å². The Balaban J connectivity index is 1.44.